The summed E-state index contributed by atoms with van der Waals surface area (Å²) in [6, 6.07) is 9.38. The molecule has 1 aromatic carbocycles. The molecule has 3 rings (SSSR count). The summed E-state index contributed by atoms with van der Waals surface area (Å²) in [6.45, 7) is 0.236. The molecule has 7 heteroatoms. The quantitative estimate of drug-likeness (QED) is 0.872. The maximum absolute atomic E-state index is 12.1. The fraction of sp³-hybridized carbons (Fsp3) is 0.214. The molecule has 0 amide bonds. The molecule has 21 heavy (non-hydrogen) atoms. The van der Waals surface area contributed by atoms with Gasteiger partial charge in [0.2, 0.25) is 10.0 Å². The van der Waals surface area contributed by atoms with Crippen LogP contribution in [0.15, 0.2) is 46.7 Å². The fourth-order valence-electron chi connectivity index (χ4n) is 2.21. The van der Waals surface area contributed by atoms with Crippen LogP contribution in [0.5, 0.6) is 0 Å². The third kappa shape index (κ3) is 2.85. The molecule has 0 aliphatic carbocycles. The number of ether oxygens (including phenoxy) is 1. The molecule has 110 valence electrons. The predicted octanol–water partition coefficient (Wildman–Crippen LogP) is 1.87. The number of thiophene rings is 1. The van der Waals surface area contributed by atoms with Crippen molar-refractivity contribution in [2.75, 3.05) is 6.61 Å². The van der Waals surface area contributed by atoms with Gasteiger partial charge < -0.3 is 4.74 Å². The lowest BCUT2D eigenvalue weighted by molar-refractivity contribution is -0.145. The Morgan fingerprint density at radius 1 is 1.24 bits per heavy atom. The molecule has 2 aromatic rings. The number of sulfonamides is 1. The first-order valence-electron chi connectivity index (χ1n) is 6.38. The van der Waals surface area contributed by atoms with Crippen LogP contribution in [0.2, 0.25) is 0 Å². The fourth-order valence-corrected chi connectivity index (χ4v) is 4.32. The average molecular weight is 323 g/mol. The highest BCUT2D eigenvalue weighted by molar-refractivity contribution is 7.89. The SMILES string of the molecule is O=C(OCCc1cccs1)C1NS(=O)(=O)c2ccccc21. The lowest BCUT2D eigenvalue weighted by Crippen LogP contribution is -2.28. The summed E-state index contributed by atoms with van der Waals surface area (Å²) < 4.78 is 31.4. The molecule has 0 radical (unpaired) electrons. The molecule has 1 N–H and O–H groups in total. The summed E-state index contributed by atoms with van der Waals surface area (Å²) in [5.41, 5.74) is 0.443. The molecule has 0 spiro atoms. The van der Waals surface area contributed by atoms with E-state index in [1.165, 1.54) is 6.07 Å². The summed E-state index contributed by atoms with van der Waals surface area (Å²) in [7, 11) is -3.62. The summed E-state index contributed by atoms with van der Waals surface area (Å²) in [6.07, 6.45) is 0.629. The maximum Gasteiger partial charge on any atom is 0.328 e. The number of hydrogen-bond donors (Lipinski definition) is 1. The number of nitrogens with one attached hydrogen (secondary N) is 1. The second kappa shape index (κ2) is 5.59. The number of carbonyl (C=O) groups excluding carboxylic acids is 1. The minimum absolute atomic E-state index is 0.144. The Morgan fingerprint density at radius 3 is 2.81 bits per heavy atom. The van der Waals surface area contributed by atoms with Gasteiger partial charge in [0.15, 0.2) is 0 Å². The van der Waals surface area contributed by atoms with Crippen molar-refractivity contribution in [3.8, 4) is 0 Å². The van der Waals surface area contributed by atoms with Crippen LogP contribution in [0.3, 0.4) is 0 Å². The van der Waals surface area contributed by atoms with E-state index >= 15 is 0 Å². The molecule has 0 fully saturated rings. The predicted molar refractivity (Wildman–Crippen MR) is 78.5 cm³/mol. The van der Waals surface area contributed by atoms with Crippen molar-refractivity contribution in [1.82, 2.24) is 4.72 Å². The highest BCUT2D eigenvalue weighted by Crippen LogP contribution is 2.31. The third-order valence-corrected chi connectivity index (χ3v) is 5.63. The monoisotopic (exact) mass is 323 g/mol. The van der Waals surface area contributed by atoms with E-state index in [-0.39, 0.29) is 11.5 Å². The van der Waals surface area contributed by atoms with Crippen LogP contribution in [0.25, 0.3) is 0 Å². The Balaban J connectivity index is 1.69. The number of rotatable bonds is 4. The van der Waals surface area contributed by atoms with Crippen LogP contribution in [-0.2, 0) is 26.0 Å². The zero-order valence-electron chi connectivity index (χ0n) is 11.0. The van der Waals surface area contributed by atoms with E-state index in [9.17, 15) is 13.2 Å². The van der Waals surface area contributed by atoms with Crippen LogP contribution in [0.4, 0.5) is 0 Å². The molecule has 0 bridgehead atoms. The minimum atomic E-state index is -3.62. The summed E-state index contributed by atoms with van der Waals surface area (Å²) in [5, 5.41) is 1.96. The molecule has 5 nitrogen and oxygen atoms in total. The Hall–Kier alpha value is -1.70. The Labute approximate surface area is 126 Å². The van der Waals surface area contributed by atoms with Gasteiger partial charge in [0.1, 0.15) is 6.04 Å². The second-order valence-electron chi connectivity index (χ2n) is 4.59. The van der Waals surface area contributed by atoms with E-state index in [0.29, 0.717) is 12.0 Å². The molecule has 0 saturated heterocycles. The first kappa shape index (κ1) is 14.2. The van der Waals surface area contributed by atoms with Crippen molar-refractivity contribution in [3.05, 3.63) is 52.2 Å². The van der Waals surface area contributed by atoms with Gasteiger partial charge in [-0.25, -0.2) is 13.2 Å². The van der Waals surface area contributed by atoms with Crippen molar-refractivity contribution in [1.29, 1.82) is 0 Å². The van der Waals surface area contributed by atoms with E-state index in [1.54, 1.807) is 29.5 Å². The lowest BCUT2D eigenvalue weighted by atomic mass is 10.1. The van der Waals surface area contributed by atoms with Gasteiger partial charge in [0, 0.05) is 16.9 Å². The maximum atomic E-state index is 12.1. The second-order valence-corrected chi connectivity index (χ2v) is 7.30. The number of esters is 1. The van der Waals surface area contributed by atoms with Crippen molar-refractivity contribution in [3.63, 3.8) is 0 Å². The number of fused-ring (bicyclic) bond motifs is 1. The van der Waals surface area contributed by atoms with Crippen LogP contribution >= 0.6 is 11.3 Å². The van der Waals surface area contributed by atoms with Gasteiger partial charge in [0.25, 0.3) is 0 Å². The van der Waals surface area contributed by atoms with Crippen molar-refractivity contribution < 1.29 is 17.9 Å². The van der Waals surface area contributed by atoms with Gasteiger partial charge in [-0.15, -0.1) is 11.3 Å². The van der Waals surface area contributed by atoms with E-state index in [0.717, 1.165) is 4.88 Å². The molecule has 1 aliphatic heterocycles. The normalized spacial score (nSPS) is 19.1. The van der Waals surface area contributed by atoms with Gasteiger partial charge in [-0.2, -0.15) is 4.72 Å². The van der Waals surface area contributed by atoms with E-state index in [4.69, 9.17) is 4.74 Å². The number of benzene rings is 1. The van der Waals surface area contributed by atoms with Crippen LogP contribution in [0, 0.1) is 0 Å². The Kier molecular flexibility index (Phi) is 3.79. The molecule has 1 atom stereocenters. The van der Waals surface area contributed by atoms with Crippen molar-refractivity contribution in [2.45, 2.75) is 17.4 Å². The number of hydrogen-bond acceptors (Lipinski definition) is 5. The molecular weight excluding hydrogens is 310 g/mol. The highest BCUT2D eigenvalue weighted by atomic mass is 32.2. The zero-order chi connectivity index (χ0) is 14.9. The Bertz CT molecular complexity index is 753. The standard InChI is InChI=1S/C14H13NO4S2/c16-14(19-8-7-10-4-3-9-20-10)13-11-5-1-2-6-12(11)21(17,18)15-13/h1-6,9,13,15H,7-8H2. The molecule has 0 saturated carbocycles. The van der Waals surface area contributed by atoms with E-state index < -0.39 is 22.0 Å². The summed E-state index contributed by atoms with van der Waals surface area (Å²) in [4.78, 5) is 13.3. The van der Waals surface area contributed by atoms with Gasteiger partial charge >= 0.3 is 5.97 Å². The zero-order valence-corrected chi connectivity index (χ0v) is 12.6. The number of carbonyl (C=O) groups is 1. The van der Waals surface area contributed by atoms with Gasteiger partial charge in [-0.3, -0.25) is 0 Å². The van der Waals surface area contributed by atoms with Crippen LogP contribution in [-0.4, -0.2) is 21.0 Å². The van der Waals surface area contributed by atoms with E-state index in [2.05, 4.69) is 4.72 Å². The third-order valence-electron chi connectivity index (χ3n) is 3.20. The first-order valence-corrected chi connectivity index (χ1v) is 8.74. The van der Waals surface area contributed by atoms with Crippen molar-refractivity contribution in [2.24, 2.45) is 0 Å². The average Bonchev–Trinajstić information content (AvgIpc) is 3.06. The van der Waals surface area contributed by atoms with Crippen LogP contribution in [0.1, 0.15) is 16.5 Å². The van der Waals surface area contributed by atoms with Gasteiger partial charge in [-0.05, 0) is 17.5 Å². The summed E-state index contributed by atoms with van der Waals surface area (Å²) in [5.74, 6) is -0.569. The lowest BCUT2D eigenvalue weighted by Gasteiger charge is -2.10. The van der Waals surface area contributed by atoms with Crippen molar-refractivity contribution >= 4 is 27.3 Å². The minimum Gasteiger partial charge on any atom is -0.464 e. The summed E-state index contributed by atoms with van der Waals surface area (Å²) >= 11 is 1.59. The molecule has 1 aliphatic rings. The molecule has 1 aromatic heterocycles. The molecular formula is C14H13NO4S2. The Morgan fingerprint density at radius 2 is 2.05 bits per heavy atom. The van der Waals surface area contributed by atoms with Gasteiger partial charge in [-0.1, -0.05) is 24.3 Å². The molecule has 2 heterocycles. The van der Waals surface area contributed by atoms with Crippen LogP contribution < -0.4 is 4.72 Å². The van der Waals surface area contributed by atoms with Gasteiger partial charge in [0.05, 0.1) is 11.5 Å². The largest absolute Gasteiger partial charge is 0.464 e. The van der Waals surface area contributed by atoms with E-state index in [1.807, 2.05) is 17.5 Å². The first-order chi connectivity index (χ1) is 10.1. The highest BCUT2D eigenvalue weighted by Gasteiger charge is 2.38. The molecule has 1 unspecified atom stereocenters. The smallest absolute Gasteiger partial charge is 0.328 e. The topological polar surface area (TPSA) is 72.5 Å².